The molecule has 0 amide bonds. The number of esters is 2. The Morgan fingerprint density at radius 3 is 2.23 bits per heavy atom. The Balaban J connectivity index is 1.88. The summed E-state index contributed by atoms with van der Waals surface area (Å²) < 4.78 is 10.1. The van der Waals surface area contributed by atoms with Crippen LogP contribution in [0.25, 0.3) is 11.1 Å². The lowest BCUT2D eigenvalue weighted by Crippen LogP contribution is -2.42. The fraction of sp³-hybridized carbons (Fsp3) is 0.150. The predicted octanol–water partition coefficient (Wildman–Crippen LogP) is 3.36. The summed E-state index contributed by atoms with van der Waals surface area (Å²) >= 11 is 0. The fourth-order valence-corrected chi connectivity index (χ4v) is 2.51. The zero-order chi connectivity index (χ0) is 18.7. The Bertz CT molecular complexity index is 915. The number of nitrogens with one attached hydrogen (secondary N) is 1. The zero-order valence-electron chi connectivity index (χ0n) is 14.3. The molecule has 1 heterocycles. The lowest BCUT2D eigenvalue weighted by Gasteiger charge is -2.29. The molecule has 2 aromatic rings. The molecule has 1 N–H and O–H groups in total. The van der Waals surface area contributed by atoms with Crippen molar-refractivity contribution < 1.29 is 19.1 Å². The summed E-state index contributed by atoms with van der Waals surface area (Å²) in [7, 11) is 0. The van der Waals surface area contributed by atoms with Gasteiger partial charge in [-0.15, -0.1) is 0 Å². The van der Waals surface area contributed by atoms with Gasteiger partial charge in [0.05, 0.1) is 11.6 Å². The molecule has 0 aliphatic carbocycles. The summed E-state index contributed by atoms with van der Waals surface area (Å²) in [4.78, 5) is 24.0. The molecule has 0 unspecified atom stereocenters. The van der Waals surface area contributed by atoms with Crippen LogP contribution in [0.1, 0.15) is 19.4 Å². The number of para-hydroxylation sites is 1. The third kappa shape index (κ3) is 3.57. The number of ether oxygens (including phenoxy) is 2. The van der Waals surface area contributed by atoms with Crippen LogP contribution in [0.5, 0.6) is 0 Å². The minimum absolute atomic E-state index is 0.209. The van der Waals surface area contributed by atoms with Gasteiger partial charge in [-0.2, -0.15) is 5.26 Å². The summed E-state index contributed by atoms with van der Waals surface area (Å²) in [6.07, 6.45) is 1.28. The Kier molecular flexibility index (Phi) is 4.46. The molecule has 0 radical (unpaired) electrons. The first kappa shape index (κ1) is 17.2. The van der Waals surface area contributed by atoms with Crippen LogP contribution in [0.2, 0.25) is 0 Å². The van der Waals surface area contributed by atoms with Crippen molar-refractivity contribution in [2.45, 2.75) is 19.6 Å². The van der Waals surface area contributed by atoms with Gasteiger partial charge in [0.25, 0.3) is 5.79 Å². The van der Waals surface area contributed by atoms with Gasteiger partial charge >= 0.3 is 11.9 Å². The average molecular weight is 348 g/mol. The highest BCUT2D eigenvalue weighted by Gasteiger charge is 2.38. The molecule has 0 saturated carbocycles. The maximum Gasteiger partial charge on any atom is 0.350 e. The molecule has 0 bridgehead atoms. The van der Waals surface area contributed by atoms with Crippen molar-refractivity contribution in [3.8, 4) is 17.2 Å². The molecule has 0 atom stereocenters. The number of carbonyl (C=O) groups excluding carboxylic acids is 2. The number of rotatable bonds is 3. The summed E-state index contributed by atoms with van der Waals surface area (Å²) in [6.45, 7) is 2.99. The van der Waals surface area contributed by atoms with Gasteiger partial charge in [-0.1, -0.05) is 30.3 Å². The first-order chi connectivity index (χ1) is 12.4. The average Bonchev–Trinajstić information content (AvgIpc) is 2.60. The molecule has 0 aromatic heterocycles. The molecule has 3 rings (SSSR count). The monoisotopic (exact) mass is 348 g/mol. The summed E-state index contributed by atoms with van der Waals surface area (Å²) in [5.74, 6) is -2.75. The van der Waals surface area contributed by atoms with E-state index in [1.54, 1.807) is 12.1 Å². The number of nitriles is 1. The van der Waals surface area contributed by atoms with Gasteiger partial charge < -0.3 is 14.8 Å². The molecule has 1 fully saturated rings. The van der Waals surface area contributed by atoms with Crippen LogP contribution in [0.4, 0.5) is 5.69 Å². The third-order valence-corrected chi connectivity index (χ3v) is 3.74. The molecule has 26 heavy (non-hydrogen) atoms. The molecule has 1 saturated heterocycles. The van der Waals surface area contributed by atoms with E-state index < -0.39 is 17.7 Å². The number of anilines is 1. The number of benzene rings is 2. The minimum atomic E-state index is -1.27. The van der Waals surface area contributed by atoms with E-state index in [0.29, 0.717) is 11.3 Å². The Labute approximate surface area is 150 Å². The largest absolute Gasteiger partial charge is 0.419 e. The maximum atomic E-state index is 12.0. The molecule has 0 spiro atoms. The van der Waals surface area contributed by atoms with Gasteiger partial charge in [-0.05, 0) is 23.8 Å². The van der Waals surface area contributed by atoms with E-state index in [-0.39, 0.29) is 5.57 Å². The van der Waals surface area contributed by atoms with Crippen LogP contribution in [0, 0.1) is 11.3 Å². The fourth-order valence-electron chi connectivity index (χ4n) is 2.51. The van der Waals surface area contributed by atoms with Crippen molar-refractivity contribution >= 4 is 17.6 Å². The van der Waals surface area contributed by atoms with Crippen LogP contribution < -0.4 is 5.32 Å². The number of nitrogens with zero attached hydrogens (tertiary/aromatic N) is 1. The topological polar surface area (TPSA) is 88.4 Å². The van der Waals surface area contributed by atoms with Crippen molar-refractivity contribution in [2.75, 3.05) is 5.32 Å². The normalized spacial score (nSPS) is 15.5. The minimum Gasteiger partial charge on any atom is -0.419 e. The second-order valence-corrected chi connectivity index (χ2v) is 6.12. The van der Waals surface area contributed by atoms with Gasteiger partial charge in [0.15, 0.2) is 5.57 Å². The molecule has 2 aromatic carbocycles. The highest BCUT2D eigenvalue weighted by Crippen LogP contribution is 2.29. The van der Waals surface area contributed by atoms with Gasteiger partial charge in [0.2, 0.25) is 0 Å². The van der Waals surface area contributed by atoms with Gasteiger partial charge in [-0.3, -0.25) is 0 Å². The standard InChI is InChI=1S/C20H16N2O4/c1-20(2)25-18(23)16(19(24)26-20)12-22-17-6-4-3-5-15(17)14-9-7-13(11-21)8-10-14/h3-10,12,22H,1-2H3. The third-order valence-electron chi connectivity index (χ3n) is 3.74. The zero-order valence-corrected chi connectivity index (χ0v) is 14.3. The van der Waals surface area contributed by atoms with Crippen LogP contribution in [-0.2, 0) is 19.1 Å². The number of hydrogen-bond acceptors (Lipinski definition) is 6. The molecule has 1 aliphatic heterocycles. The maximum absolute atomic E-state index is 12.0. The summed E-state index contributed by atoms with van der Waals surface area (Å²) in [6, 6.07) is 16.6. The first-order valence-corrected chi connectivity index (χ1v) is 7.92. The van der Waals surface area contributed by atoms with Crippen molar-refractivity contribution in [3.63, 3.8) is 0 Å². The van der Waals surface area contributed by atoms with E-state index in [1.165, 1.54) is 20.0 Å². The van der Waals surface area contributed by atoms with E-state index in [2.05, 4.69) is 11.4 Å². The molecule has 130 valence electrons. The van der Waals surface area contributed by atoms with E-state index in [1.807, 2.05) is 36.4 Å². The van der Waals surface area contributed by atoms with Crippen molar-refractivity contribution in [3.05, 3.63) is 65.9 Å². The highest BCUT2D eigenvalue weighted by atomic mass is 16.7. The molecule has 6 heteroatoms. The second-order valence-electron chi connectivity index (χ2n) is 6.12. The van der Waals surface area contributed by atoms with Crippen molar-refractivity contribution in [2.24, 2.45) is 0 Å². The van der Waals surface area contributed by atoms with Crippen molar-refractivity contribution in [1.29, 1.82) is 5.26 Å². The Hall–Kier alpha value is -3.59. The number of hydrogen-bond donors (Lipinski definition) is 1. The Morgan fingerprint density at radius 1 is 1.00 bits per heavy atom. The molecule has 6 nitrogen and oxygen atoms in total. The lowest BCUT2D eigenvalue weighted by atomic mass is 10.0. The quantitative estimate of drug-likeness (QED) is 0.520. The highest BCUT2D eigenvalue weighted by molar-refractivity contribution is 6.15. The van der Waals surface area contributed by atoms with Gasteiger partial charge in [0, 0.05) is 31.3 Å². The molecule has 1 aliphatic rings. The predicted molar refractivity (Wildman–Crippen MR) is 94.6 cm³/mol. The molecular weight excluding hydrogens is 332 g/mol. The van der Waals surface area contributed by atoms with Crippen molar-refractivity contribution in [1.82, 2.24) is 0 Å². The van der Waals surface area contributed by atoms with E-state index in [9.17, 15) is 9.59 Å². The van der Waals surface area contributed by atoms with E-state index in [0.717, 1.165) is 11.1 Å². The lowest BCUT2D eigenvalue weighted by molar-refractivity contribution is -0.222. The smallest absolute Gasteiger partial charge is 0.350 e. The van der Waals surface area contributed by atoms with Crippen LogP contribution in [0.3, 0.4) is 0 Å². The SMILES string of the molecule is CC1(C)OC(=O)C(=CNc2ccccc2-c2ccc(C#N)cc2)C(=O)O1. The van der Waals surface area contributed by atoms with Crippen LogP contribution >= 0.6 is 0 Å². The summed E-state index contributed by atoms with van der Waals surface area (Å²) in [5.41, 5.74) is 2.79. The van der Waals surface area contributed by atoms with E-state index in [4.69, 9.17) is 14.7 Å². The number of carbonyl (C=O) groups is 2. The Morgan fingerprint density at radius 2 is 1.62 bits per heavy atom. The molecular formula is C20H16N2O4. The van der Waals surface area contributed by atoms with Crippen LogP contribution in [-0.4, -0.2) is 17.7 Å². The van der Waals surface area contributed by atoms with E-state index >= 15 is 0 Å². The number of cyclic esters (lactones) is 2. The second kappa shape index (κ2) is 6.73. The van der Waals surface area contributed by atoms with Gasteiger partial charge in [0.1, 0.15) is 0 Å². The summed E-state index contributed by atoms with van der Waals surface area (Å²) in [5, 5.41) is 11.9. The first-order valence-electron chi connectivity index (χ1n) is 7.92. The van der Waals surface area contributed by atoms with Gasteiger partial charge in [-0.25, -0.2) is 9.59 Å². The van der Waals surface area contributed by atoms with Crippen LogP contribution in [0.15, 0.2) is 60.3 Å².